The van der Waals surface area contributed by atoms with E-state index >= 15 is 0 Å². The number of primary amides is 1. The summed E-state index contributed by atoms with van der Waals surface area (Å²) in [6.07, 6.45) is -0.949. The van der Waals surface area contributed by atoms with Crippen molar-refractivity contribution in [2.24, 2.45) is 11.6 Å². The van der Waals surface area contributed by atoms with Gasteiger partial charge in [0.1, 0.15) is 11.6 Å². The fourth-order valence-electron chi connectivity index (χ4n) is 1.88. The lowest BCUT2D eigenvalue weighted by Gasteiger charge is -2.19. The highest BCUT2D eigenvalue weighted by molar-refractivity contribution is 5.97. The molecule has 6 N–H and O–H groups in total. The third-order valence-electron chi connectivity index (χ3n) is 2.99. The SMILES string of the molecule is CC(=O)CCCC(F)(F)c1nc(C(N)=O)c(N)n1C(=O)N(C)N. The molecular formula is C12H18F2N6O3. The van der Waals surface area contributed by atoms with Gasteiger partial charge in [-0.15, -0.1) is 0 Å². The maximum atomic E-state index is 14.3. The minimum atomic E-state index is -3.61. The van der Waals surface area contributed by atoms with Crippen molar-refractivity contribution in [3.05, 3.63) is 11.5 Å². The fraction of sp³-hybridized carbons (Fsp3) is 0.500. The van der Waals surface area contributed by atoms with Crippen LogP contribution in [0.25, 0.3) is 0 Å². The van der Waals surface area contributed by atoms with Gasteiger partial charge in [-0.3, -0.25) is 9.80 Å². The van der Waals surface area contributed by atoms with Crippen molar-refractivity contribution in [1.29, 1.82) is 0 Å². The van der Waals surface area contributed by atoms with Crippen LogP contribution in [-0.2, 0) is 10.7 Å². The highest BCUT2D eigenvalue weighted by Crippen LogP contribution is 2.35. The molecule has 0 aromatic carbocycles. The van der Waals surface area contributed by atoms with E-state index in [1.165, 1.54) is 6.92 Å². The number of nitrogens with zero attached hydrogens (tertiary/aromatic N) is 3. The number of nitrogen functional groups attached to an aromatic ring is 1. The summed E-state index contributed by atoms with van der Waals surface area (Å²) in [6, 6.07) is -1.11. The minimum Gasteiger partial charge on any atom is -0.383 e. The number of carbonyl (C=O) groups is 3. The van der Waals surface area contributed by atoms with Gasteiger partial charge in [0.2, 0.25) is 0 Å². The van der Waals surface area contributed by atoms with Crippen LogP contribution >= 0.6 is 0 Å². The normalized spacial score (nSPS) is 11.3. The number of hydrogen-bond acceptors (Lipinski definition) is 6. The molecule has 128 valence electrons. The standard InChI is InChI=1S/C12H18F2N6O3/c1-6(21)4-3-5-12(13,14)10-18-7(9(16)22)8(15)20(10)11(23)19(2)17/h3-5,15,17H2,1-2H3,(H2,16,22). The Labute approximate surface area is 130 Å². The van der Waals surface area contributed by atoms with E-state index < -0.39 is 41.6 Å². The van der Waals surface area contributed by atoms with E-state index in [0.29, 0.717) is 9.58 Å². The van der Waals surface area contributed by atoms with Gasteiger partial charge in [-0.1, -0.05) is 0 Å². The number of nitrogens with two attached hydrogens (primary N) is 3. The zero-order valence-corrected chi connectivity index (χ0v) is 12.7. The molecule has 0 aliphatic rings. The number of rotatable bonds is 6. The second kappa shape index (κ2) is 6.69. The van der Waals surface area contributed by atoms with Crippen LogP contribution in [0.5, 0.6) is 0 Å². The number of carbonyl (C=O) groups excluding carboxylic acids is 3. The van der Waals surface area contributed by atoms with Crippen molar-refractivity contribution in [2.45, 2.75) is 32.1 Å². The highest BCUT2D eigenvalue weighted by atomic mass is 19.3. The molecule has 0 bridgehead atoms. The Morgan fingerprint density at radius 3 is 2.35 bits per heavy atom. The molecule has 1 heterocycles. The summed E-state index contributed by atoms with van der Waals surface area (Å²) in [7, 11) is 1.11. The van der Waals surface area contributed by atoms with Crippen molar-refractivity contribution in [3.8, 4) is 0 Å². The number of imidazole rings is 1. The first-order chi connectivity index (χ1) is 10.5. The van der Waals surface area contributed by atoms with Gasteiger partial charge in [0.15, 0.2) is 11.5 Å². The van der Waals surface area contributed by atoms with Crippen LogP contribution in [0.15, 0.2) is 0 Å². The number of Topliss-reactive ketones (excluding diaryl/α,β-unsaturated/α-hetero) is 1. The molecule has 1 aromatic rings. The lowest BCUT2D eigenvalue weighted by atomic mass is 10.1. The summed E-state index contributed by atoms with van der Waals surface area (Å²) < 4.78 is 29.0. The van der Waals surface area contributed by atoms with E-state index in [-0.39, 0.29) is 18.6 Å². The van der Waals surface area contributed by atoms with E-state index in [2.05, 4.69) is 4.98 Å². The van der Waals surface area contributed by atoms with Gasteiger partial charge in [0.05, 0.1) is 0 Å². The molecule has 0 radical (unpaired) electrons. The van der Waals surface area contributed by atoms with Crippen molar-refractivity contribution in [1.82, 2.24) is 14.6 Å². The van der Waals surface area contributed by atoms with Gasteiger partial charge in [-0.05, 0) is 13.3 Å². The van der Waals surface area contributed by atoms with Crippen LogP contribution in [0.1, 0.15) is 42.5 Å². The summed E-state index contributed by atoms with van der Waals surface area (Å²) in [4.78, 5) is 37.4. The molecule has 0 saturated heterocycles. The zero-order chi connectivity index (χ0) is 17.9. The van der Waals surface area contributed by atoms with Gasteiger partial charge in [-0.25, -0.2) is 20.2 Å². The van der Waals surface area contributed by atoms with Crippen LogP contribution in [0.4, 0.5) is 19.4 Å². The number of anilines is 1. The summed E-state index contributed by atoms with van der Waals surface area (Å²) in [5, 5.41) is 0.512. The maximum absolute atomic E-state index is 14.3. The third kappa shape index (κ3) is 4.00. The number of halogens is 2. The molecule has 23 heavy (non-hydrogen) atoms. The Kier molecular flexibility index (Phi) is 5.38. The lowest BCUT2D eigenvalue weighted by molar-refractivity contribution is -0.117. The number of amides is 2. The van der Waals surface area contributed by atoms with E-state index in [1.807, 2.05) is 0 Å². The molecule has 1 rings (SSSR count). The average molecular weight is 332 g/mol. The topological polar surface area (TPSA) is 150 Å². The van der Waals surface area contributed by atoms with Gasteiger partial charge < -0.3 is 16.3 Å². The zero-order valence-electron chi connectivity index (χ0n) is 12.7. The van der Waals surface area contributed by atoms with E-state index in [4.69, 9.17) is 17.3 Å². The van der Waals surface area contributed by atoms with Crippen LogP contribution < -0.4 is 17.3 Å². The van der Waals surface area contributed by atoms with Crippen LogP contribution in [-0.4, -0.2) is 39.3 Å². The number of hydrogen-bond donors (Lipinski definition) is 3. The summed E-state index contributed by atoms with van der Waals surface area (Å²) in [6.45, 7) is 1.27. The van der Waals surface area contributed by atoms with Crippen molar-refractivity contribution in [2.75, 3.05) is 12.8 Å². The van der Waals surface area contributed by atoms with Crippen molar-refractivity contribution < 1.29 is 23.2 Å². The second-order valence-corrected chi connectivity index (χ2v) is 5.02. The van der Waals surface area contributed by atoms with Crippen LogP contribution in [0.2, 0.25) is 0 Å². The molecule has 1 aromatic heterocycles. The molecule has 0 saturated carbocycles. The Balaban J connectivity index is 3.32. The predicted molar refractivity (Wildman–Crippen MR) is 76.3 cm³/mol. The summed E-state index contributed by atoms with van der Waals surface area (Å²) in [5.41, 5.74) is 9.89. The average Bonchev–Trinajstić information content (AvgIpc) is 2.75. The molecule has 11 heteroatoms. The number of hydrazine groups is 1. The molecule has 0 atom stereocenters. The molecule has 0 aliphatic heterocycles. The highest BCUT2D eigenvalue weighted by Gasteiger charge is 2.41. The number of aromatic nitrogens is 2. The maximum Gasteiger partial charge on any atom is 0.345 e. The largest absolute Gasteiger partial charge is 0.383 e. The summed E-state index contributed by atoms with van der Waals surface area (Å²) >= 11 is 0. The van der Waals surface area contributed by atoms with Gasteiger partial charge in [0.25, 0.3) is 5.91 Å². The Morgan fingerprint density at radius 1 is 1.35 bits per heavy atom. The third-order valence-corrected chi connectivity index (χ3v) is 2.99. The van der Waals surface area contributed by atoms with Crippen LogP contribution in [0, 0.1) is 0 Å². The summed E-state index contributed by atoms with van der Waals surface area (Å²) in [5.74, 6) is -1.44. The quantitative estimate of drug-likeness (QED) is 0.384. The van der Waals surface area contributed by atoms with Crippen LogP contribution in [0.3, 0.4) is 0 Å². The second-order valence-electron chi connectivity index (χ2n) is 5.02. The molecular weight excluding hydrogens is 314 g/mol. The number of ketones is 1. The molecule has 2 amide bonds. The first-order valence-corrected chi connectivity index (χ1v) is 6.57. The van der Waals surface area contributed by atoms with E-state index in [1.54, 1.807) is 0 Å². The Morgan fingerprint density at radius 2 is 1.91 bits per heavy atom. The predicted octanol–water partition coefficient (Wildman–Crippen LogP) is 0.189. The van der Waals surface area contributed by atoms with E-state index in [9.17, 15) is 23.2 Å². The molecule has 0 unspecified atom stereocenters. The number of alkyl halides is 2. The van der Waals surface area contributed by atoms with Crippen molar-refractivity contribution in [3.63, 3.8) is 0 Å². The lowest BCUT2D eigenvalue weighted by Crippen LogP contribution is -2.39. The fourth-order valence-corrected chi connectivity index (χ4v) is 1.88. The molecule has 9 nitrogen and oxygen atoms in total. The van der Waals surface area contributed by atoms with E-state index in [0.717, 1.165) is 7.05 Å². The Hall–Kier alpha value is -2.56. The van der Waals surface area contributed by atoms with Gasteiger partial charge >= 0.3 is 12.0 Å². The minimum absolute atomic E-state index is 0.0564. The first kappa shape index (κ1) is 18.5. The Bertz CT molecular complexity index is 641. The molecule has 0 fully saturated rings. The first-order valence-electron chi connectivity index (χ1n) is 6.57. The van der Waals surface area contributed by atoms with Crippen molar-refractivity contribution >= 4 is 23.5 Å². The van der Waals surface area contributed by atoms with Gasteiger partial charge in [-0.2, -0.15) is 8.78 Å². The molecule has 0 spiro atoms. The monoisotopic (exact) mass is 332 g/mol. The molecule has 0 aliphatic carbocycles. The van der Waals surface area contributed by atoms with Gasteiger partial charge in [0, 0.05) is 19.9 Å². The smallest absolute Gasteiger partial charge is 0.345 e.